The van der Waals surface area contributed by atoms with Crippen molar-refractivity contribution in [1.29, 1.82) is 0 Å². The fourth-order valence-corrected chi connectivity index (χ4v) is 12.8. The van der Waals surface area contributed by atoms with Crippen molar-refractivity contribution in [3.8, 4) is 0 Å². The molecule has 0 N–H and O–H groups in total. The number of quaternary nitrogens is 1. The molecule has 2 atom stereocenters. The molecule has 0 heterocycles. The van der Waals surface area contributed by atoms with Gasteiger partial charge < -0.3 is 27.9 Å². The Kier molecular flexibility index (Phi) is 68.1. The van der Waals surface area contributed by atoms with E-state index in [-0.39, 0.29) is 32.0 Å². The van der Waals surface area contributed by atoms with Gasteiger partial charge in [-0.2, -0.15) is 0 Å². The molecule has 0 bridgehead atoms. The van der Waals surface area contributed by atoms with Gasteiger partial charge >= 0.3 is 11.9 Å². The van der Waals surface area contributed by atoms with Crippen LogP contribution in [0, 0.1) is 0 Å². The maximum atomic E-state index is 12.9. The van der Waals surface area contributed by atoms with Crippen molar-refractivity contribution < 1.29 is 42.1 Å². The minimum atomic E-state index is -4.64. The average molecular weight is 1250 g/mol. The second-order valence-electron chi connectivity index (χ2n) is 28.1. The predicted octanol–water partition coefficient (Wildman–Crippen LogP) is 24.8. The zero-order valence-electron chi connectivity index (χ0n) is 59.3. The Hall–Kier alpha value is -1.25. The van der Waals surface area contributed by atoms with E-state index in [1.165, 1.54) is 353 Å². The van der Waals surface area contributed by atoms with Crippen LogP contribution in [-0.4, -0.2) is 70.0 Å². The monoisotopic (exact) mass is 1250 g/mol. The van der Waals surface area contributed by atoms with E-state index in [0.717, 1.165) is 32.1 Å². The lowest BCUT2D eigenvalue weighted by Crippen LogP contribution is -2.37. The normalized spacial score (nSPS) is 13.0. The number of carbonyl (C=O) groups excluding carboxylic acids is 2. The number of likely N-dealkylation sites (N-methyl/N-ethyl adjacent to an activating group) is 1. The molecule has 0 aromatic rings. The molecule has 87 heavy (non-hydrogen) atoms. The number of hydrogen-bond donors (Lipinski definition) is 0. The fraction of sp³-hybridized carbons (Fsp3) is 0.948. The van der Waals surface area contributed by atoms with Crippen molar-refractivity contribution in [2.75, 3.05) is 47.5 Å². The Balaban J connectivity index is 3.88. The van der Waals surface area contributed by atoms with Crippen LogP contribution in [-0.2, 0) is 32.7 Å². The van der Waals surface area contributed by atoms with E-state index in [1.54, 1.807) is 0 Å². The summed E-state index contributed by atoms with van der Waals surface area (Å²) in [4.78, 5) is 38.1. The average Bonchev–Trinajstić information content (AvgIpc) is 3.49. The number of unbranched alkanes of at least 4 members (excludes halogenated alkanes) is 58. The number of hydrogen-bond acceptors (Lipinski definition) is 8. The minimum Gasteiger partial charge on any atom is -0.756 e. The Bertz CT molecular complexity index is 1470. The number of allylic oxidation sites excluding steroid dienone is 2. The standard InChI is InChI=1S/C77H152NO8P/c1-6-8-10-12-14-16-18-20-22-24-26-28-30-32-33-34-35-36-37-38-39-40-41-42-43-44-46-47-49-51-53-55-57-59-61-63-65-67-69-76(79)83-73-75(74-85-87(81,82)84-72-71-78(3,4)5)86-77(80)70-68-66-64-62-60-58-56-54-52-50-48-45-31-29-27-25-23-21-19-17-15-13-11-9-7-2/h25,27,75H,6-24,26,28-74H2,1-5H3/b27-25-. The van der Waals surface area contributed by atoms with Crippen molar-refractivity contribution in [2.45, 2.75) is 424 Å². The Morgan fingerprint density at radius 3 is 0.851 bits per heavy atom. The molecule has 0 aliphatic carbocycles. The largest absolute Gasteiger partial charge is 0.756 e. The lowest BCUT2D eigenvalue weighted by Gasteiger charge is -2.28. The maximum absolute atomic E-state index is 12.9. The summed E-state index contributed by atoms with van der Waals surface area (Å²) in [5, 5.41) is 0. The van der Waals surface area contributed by atoms with E-state index < -0.39 is 26.5 Å². The summed E-state index contributed by atoms with van der Waals surface area (Å²) in [6.45, 7) is 4.33. The van der Waals surface area contributed by atoms with Gasteiger partial charge in [-0.05, 0) is 38.5 Å². The molecular formula is C77H152NO8P. The van der Waals surface area contributed by atoms with Crippen LogP contribution < -0.4 is 4.89 Å². The smallest absolute Gasteiger partial charge is 0.306 e. The predicted molar refractivity (Wildman–Crippen MR) is 375 cm³/mol. The van der Waals surface area contributed by atoms with Crippen LogP contribution in [0.2, 0.25) is 0 Å². The van der Waals surface area contributed by atoms with Crippen LogP contribution in [0.15, 0.2) is 12.2 Å². The van der Waals surface area contributed by atoms with Gasteiger partial charge in [0, 0.05) is 12.8 Å². The highest BCUT2D eigenvalue weighted by Crippen LogP contribution is 2.38. The van der Waals surface area contributed by atoms with E-state index in [0.29, 0.717) is 17.4 Å². The lowest BCUT2D eigenvalue weighted by molar-refractivity contribution is -0.870. The number of rotatable bonds is 74. The highest BCUT2D eigenvalue weighted by molar-refractivity contribution is 7.45. The SMILES string of the molecule is CCCCCCCCCC/C=C\CCCCCCCCCCCCCCCC(=O)OC(COC(=O)CCCCCCCCCCCCCCCCCCCCCCCCCCCCCCCCCCCCCCCC)COP(=O)([O-])OCC[N+](C)(C)C. The molecule has 2 unspecified atom stereocenters. The van der Waals surface area contributed by atoms with Crippen LogP contribution in [0.25, 0.3) is 0 Å². The highest BCUT2D eigenvalue weighted by Gasteiger charge is 2.22. The molecule has 9 nitrogen and oxygen atoms in total. The number of phosphoric acid groups is 1. The molecule has 0 aliphatic heterocycles. The van der Waals surface area contributed by atoms with Crippen LogP contribution in [0.5, 0.6) is 0 Å². The molecule has 0 spiro atoms. The third-order valence-electron chi connectivity index (χ3n) is 18.0. The Morgan fingerprint density at radius 2 is 0.586 bits per heavy atom. The Labute approximate surface area is 543 Å². The first-order chi connectivity index (χ1) is 42.5. The molecule has 0 radical (unpaired) electrons. The number of esters is 2. The van der Waals surface area contributed by atoms with Gasteiger partial charge in [0.1, 0.15) is 19.8 Å². The summed E-state index contributed by atoms with van der Waals surface area (Å²) in [5.74, 6) is -0.807. The third kappa shape index (κ3) is 73.7. The van der Waals surface area contributed by atoms with Gasteiger partial charge in [-0.3, -0.25) is 14.2 Å². The first-order valence-corrected chi connectivity index (χ1v) is 40.4. The van der Waals surface area contributed by atoms with E-state index >= 15 is 0 Å². The van der Waals surface area contributed by atoms with E-state index in [4.69, 9.17) is 18.5 Å². The molecule has 0 amide bonds. The molecule has 518 valence electrons. The molecule has 0 rings (SSSR count). The molecule has 0 saturated carbocycles. The zero-order valence-corrected chi connectivity index (χ0v) is 60.2. The first-order valence-electron chi connectivity index (χ1n) is 38.9. The van der Waals surface area contributed by atoms with Gasteiger partial charge in [-0.15, -0.1) is 0 Å². The summed E-state index contributed by atoms with van der Waals surface area (Å²) in [7, 11) is 1.19. The van der Waals surface area contributed by atoms with Gasteiger partial charge in [0.25, 0.3) is 7.82 Å². The minimum absolute atomic E-state index is 0.0264. The molecule has 0 aromatic heterocycles. The zero-order chi connectivity index (χ0) is 63.4. The summed E-state index contributed by atoms with van der Waals surface area (Å²) >= 11 is 0. The van der Waals surface area contributed by atoms with Gasteiger partial charge in [-0.25, -0.2) is 0 Å². The molecule has 0 aliphatic rings. The highest BCUT2D eigenvalue weighted by atomic mass is 31.2. The lowest BCUT2D eigenvalue weighted by atomic mass is 10.0. The van der Waals surface area contributed by atoms with Crippen molar-refractivity contribution in [2.24, 2.45) is 0 Å². The van der Waals surface area contributed by atoms with Gasteiger partial charge in [0.2, 0.25) is 0 Å². The van der Waals surface area contributed by atoms with Crippen molar-refractivity contribution in [1.82, 2.24) is 0 Å². The molecule has 0 saturated heterocycles. The second-order valence-corrected chi connectivity index (χ2v) is 29.5. The van der Waals surface area contributed by atoms with E-state index in [2.05, 4.69) is 26.0 Å². The summed E-state index contributed by atoms with van der Waals surface area (Å²) < 4.78 is 34.4. The van der Waals surface area contributed by atoms with Gasteiger partial charge in [0.05, 0.1) is 27.7 Å². The van der Waals surface area contributed by atoms with E-state index in [1.807, 2.05) is 21.1 Å². The van der Waals surface area contributed by atoms with Crippen LogP contribution in [0.3, 0.4) is 0 Å². The third-order valence-corrected chi connectivity index (χ3v) is 19.0. The number of carbonyl (C=O) groups is 2. The maximum Gasteiger partial charge on any atom is 0.306 e. The summed E-state index contributed by atoms with van der Waals surface area (Å²) in [6.07, 6.45) is 86.3. The van der Waals surface area contributed by atoms with Crippen molar-refractivity contribution in [3.05, 3.63) is 12.2 Å². The number of phosphoric ester groups is 1. The van der Waals surface area contributed by atoms with Crippen LogP contribution >= 0.6 is 7.82 Å². The fourth-order valence-electron chi connectivity index (χ4n) is 12.1. The van der Waals surface area contributed by atoms with Crippen molar-refractivity contribution in [3.63, 3.8) is 0 Å². The molecule has 0 fully saturated rings. The van der Waals surface area contributed by atoms with Crippen molar-refractivity contribution >= 4 is 19.8 Å². The van der Waals surface area contributed by atoms with Gasteiger partial charge in [0.15, 0.2) is 6.10 Å². The number of nitrogens with zero attached hydrogens (tertiary/aromatic N) is 1. The summed E-state index contributed by atoms with van der Waals surface area (Å²) in [6, 6.07) is 0. The molecule has 0 aromatic carbocycles. The quantitative estimate of drug-likeness (QED) is 0.0195. The molecule has 10 heteroatoms. The Morgan fingerprint density at radius 1 is 0.345 bits per heavy atom. The second kappa shape index (κ2) is 69.1. The van der Waals surface area contributed by atoms with Crippen LogP contribution in [0.1, 0.15) is 418 Å². The van der Waals surface area contributed by atoms with E-state index in [9.17, 15) is 19.0 Å². The van der Waals surface area contributed by atoms with Gasteiger partial charge in [-0.1, -0.05) is 379 Å². The summed E-state index contributed by atoms with van der Waals surface area (Å²) in [5.41, 5.74) is 0. The van der Waals surface area contributed by atoms with Crippen LogP contribution in [0.4, 0.5) is 0 Å². The topological polar surface area (TPSA) is 111 Å². The number of ether oxygens (including phenoxy) is 2. The molecular weight excluding hydrogens is 1100 g/mol. The first kappa shape index (κ1) is 85.8.